The lowest BCUT2D eigenvalue weighted by Crippen LogP contribution is -1.94. The molecule has 0 aliphatic rings. The molecule has 2 aromatic heterocycles. The van der Waals surface area contributed by atoms with Gasteiger partial charge in [0.15, 0.2) is 5.78 Å². The summed E-state index contributed by atoms with van der Waals surface area (Å²) >= 11 is 0. The minimum atomic E-state index is -0.0665. The number of aryl methyl sites for hydroxylation is 1. The van der Waals surface area contributed by atoms with Gasteiger partial charge in [0, 0.05) is 24.2 Å². The molecule has 0 saturated carbocycles. The van der Waals surface area contributed by atoms with Crippen LogP contribution in [0, 0.1) is 6.92 Å². The molecule has 0 fully saturated rings. The monoisotopic (exact) mass is 224 g/mol. The van der Waals surface area contributed by atoms with E-state index in [4.69, 9.17) is 0 Å². The summed E-state index contributed by atoms with van der Waals surface area (Å²) in [4.78, 5) is 19.9. The summed E-state index contributed by atoms with van der Waals surface area (Å²) in [5.41, 5.74) is 2.44. The van der Waals surface area contributed by atoms with Crippen LogP contribution in [0.5, 0.6) is 0 Å². The molecular formula is C14H12N2O. The van der Waals surface area contributed by atoms with E-state index < -0.39 is 0 Å². The summed E-state index contributed by atoms with van der Waals surface area (Å²) in [6, 6.07) is 7.31. The van der Waals surface area contributed by atoms with E-state index in [9.17, 15) is 4.79 Å². The molecule has 0 aliphatic heterocycles. The SMILES string of the molecule is Cc1cccnc1/C=C\C(=O)c1cccnc1. The number of pyridine rings is 2. The van der Waals surface area contributed by atoms with Crippen LogP contribution in [0.2, 0.25) is 0 Å². The Morgan fingerprint density at radius 3 is 2.76 bits per heavy atom. The van der Waals surface area contributed by atoms with Gasteiger partial charge in [0.1, 0.15) is 0 Å². The molecule has 84 valence electrons. The van der Waals surface area contributed by atoms with Gasteiger partial charge in [-0.3, -0.25) is 14.8 Å². The smallest absolute Gasteiger partial charge is 0.187 e. The van der Waals surface area contributed by atoms with Crippen molar-refractivity contribution in [2.45, 2.75) is 6.92 Å². The number of allylic oxidation sites excluding steroid dienone is 1. The van der Waals surface area contributed by atoms with E-state index in [1.165, 1.54) is 6.08 Å². The highest BCUT2D eigenvalue weighted by Gasteiger charge is 2.01. The van der Waals surface area contributed by atoms with Crippen LogP contribution in [0.1, 0.15) is 21.6 Å². The highest BCUT2D eigenvalue weighted by Crippen LogP contribution is 2.06. The molecule has 0 amide bonds. The molecule has 3 nitrogen and oxygen atoms in total. The second-order valence-electron chi connectivity index (χ2n) is 3.64. The maximum absolute atomic E-state index is 11.8. The quantitative estimate of drug-likeness (QED) is 0.594. The van der Waals surface area contributed by atoms with E-state index in [1.54, 1.807) is 36.8 Å². The summed E-state index contributed by atoms with van der Waals surface area (Å²) in [6.45, 7) is 1.96. The van der Waals surface area contributed by atoms with Crippen molar-refractivity contribution in [1.82, 2.24) is 9.97 Å². The molecule has 2 aromatic rings. The largest absolute Gasteiger partial charge is 0.289 e. The first-order valence-corrected chi connectivity index (χ1v) is 5.31. The number of carbonyl (C=O) groups is 1. The molecule has 0 aromatic carbocycles. The van der Waals surface area contributed by atoms with Gasteiger partial charge in [-0.1, -0.05) is 6.07 Å². The number of ketones is 1. The van der Waals surface area contributed by atoms with E-state index >= 15 is 0 Å². The lowest BCUT2D eigenvalue weighted by Gasteiger charge is -1.97. The minimum absolute atomic E-state index is 0.0665. The molecular weight excluding hydrogens is 212 g/mol. The van der Waals surface area contributed by atoms with E-state index in [0.717, 1.165) is 11.3 Å². The standard InChI is InChI=1S/C14H12N2O/c1-11-4-2-9-16-13(11)6-7-14(17)12-5-3-8-15-10-12/h2-10H,1H3/b7-6-. The first-order valence-electron chi connectivity index (χ1n) is 5.31. The summed E-state index contributed by atoms with van der Waals surface area (Å²) < 4.78 is 0. The Morgan fingerprint density at radius 2 is 2.06 bits per heavy atom. The maximum Gasteiger partial charge on any atom is 0.187 e. The van der Waals surface area contributed by atoms with Gasteiger partial charge >= 0.3 is 0 Å². The predicted octanol–water partition coefficient (Wildman–Crippen LogP) is 2.68. The van der Waals surface area contributed by atoms with Crippen molar-refractivity contribution < 1.29 is 4.79 Å². The van der Waals surface area contributed by atoms with Crippen LogP contribution in [0.15, 0.2) is 48.9 Å². The van der Waals surface area contributed by atoms with Crippen LogP contribution in [0.4, 0.5) is 0 Å². The van der Waals surface area contributed by atoms with Crippen LogP contribution in [0.25, 0.3) is 6.08 Å². The molecule has 0 N–H and O–H groups in total. The van der Waals surface area contributed by atoms with Crippen molar-refractivity contribution in [1.29, 1.82) is 0 Å². The lowest BCUT2D eigenvalue weighted by atomic mass is 10.1. The average molecular weight is 224 g/mol. The molecule has 0 radical (unpaired) electrons. The molecule has 17 heavy (non-hydrogen) atoms. The first-order chi connectivity index (χ1) is 8.27. The Balaban J connectivity index is 2.17. The third-order valence-corrected chi connectivity index (χ3v) is 2.39. The second kappa shape index (κ2) is 5.16. The van der Waals surface area contributed by atoms with Crippen LogP contribution in [-0.4, -0.2) is 15.8 Å². The molecule has 2 heterocycles. The van der Waals surface area contributed by atoms with E-state index in [0.29, 0.717) is 5.56 Å². The molecule has 0 spiro atoms. The molecule has 3 heteroatoms. The van der Waals surface area contributed by atoms with Crippen molar-refractivity contribution in [3.8, 4) is 0 Å². The second-order valence-corrected chi connectivity index (χ2v) is 3.64. The van der Waals surface area contributed by atoms with Crippen LogP contribution >= 0.6 is 0 Å². The number of carbonyl (C=O) groups excluding carboxylic acids is 1. The third-order valence-electron chi connectivity index (χ3n) is 2.39. The van der Waals surface area contributed by atoms with E-state index in [2.05, 4.69) is 9.97 Å². The number of aromatic nitrogens is 2. The van der Waals surface area contributed by atoms with Gasteiger partial charge in [0.25, 0.3) is 0 Å². The first kappa shape index (κ1) is 11.2. The fraction of sp³-hybridized carbons (Fsp3) is 0.0714. The summed E-state index contributed by atoms with van der Waals surface area (Å²) in [7, 11) is 0. The van der Waals surface area contributed by atoms with Gasteiger partial charge in [-0.25, -0.2) is 0 Å². The summed E-state index contributed by atoms with van der Waals surface area (Å²) in [6.07, 6.45) is 8.15. The predicted molar refractivity (Wildman–Crippen MR) is 66.6 cm³/mol. The van der Waals surface area contributed by atoms with E-state index in [1.807, 2.05) is 19.1 Å². The molecule has 0 bridgehead atoms. The fourth-order valence-electron chi connectivity index (χ4n) is 1.43. The molecule has 0 aliphatic carbocycles. The van der Waals surface area contributed by atoms with Crippen molar-refractivity contribution in [3.63, 3.8) is 0 Å². The lowest BCUT2D eigenvalue weighted by molar-refractivity contribution is 0.104. The average Bonchev–Trinajstić information content (AvgIpc) is 2.38. The number of rotatable bonds is 3. The highest BCUT2D eigenvalue weighted by molar-refractivity contribution is 6.06. The van der Waals surface area contributed by atoms with Crippen LogP contribution in [0.3, 0.4) is 0 Å². The highest BCUT2D eigenvalue weighted by atomic mass is 16.1. The Kier molecular flexibility index (Phi) is 3.40. The molecule has 2 rings (SSSR count). The topological polar surface area (TPSA) is 42.9 Å². The zero-order chi connectivity index (χ0) is 12.1. The van der Waals surface area contributed by atoms with Gasteiger partial charge in [-0.15, -0.1) is 0 Å². The molecule has 0 atom stereocenters. The Labute approximate surface area is 99.9 Å². The van der Waals surface area contributed by atoms with Crippen molar-refractivity contribution in [2.75, 3.05) is 0 Å². The van der Waals surface area contributed by atoms with Crippen LogP contribution in [-0.2, 0) is 0 Å². The normalized spacial score (nSPS) is 10.6. The third kappa shape index (κ3) is 2.84. The maximum atomic E-state index is 11.8. The van der Waals surface area contributed by atoms with Crippen LogP contribution < -0.4 is 0 Å². The van der Waals surface area contributed by atoms with Gasteiger partial charge in [-0.05, 0) is 42.8 Å². The van der Waals surface area contributed by atoms with Crippen molar-refractivity contribution in [3.05, 3.63) is 65.8 Å². The number of nitrogens with zero attached hydrogens (tertiary/aromatic N) is 2. The Bertz CT molecular complexity index is 547. The van der Waals surface area contributed by atoms with Gasteiger partial charge in [-0.2, -0.15) is 0 Å². The zero-order valence-electron chi connectivity index (χ0n) is 9.50. The number of hydrogen-bond acceptors (Lipinski definition) is 3. The minimum Gasteiger partial charge on any atom is -0.289 e. The van der Waals surface area contributed by atoms with Gasteiger partial charge in [0.05, 0.1) is 5.69 Å². The number of hydrogen-bond donors (Lipinski definition) is 0. The van der Waals surface area contributed by atoms with E-state index in [-0.39, 0.29) is 5.78 Å². The Morgan fingerprint density at radius 1 is 1.24 bits per heavy atom. The fourth-order valence-corrected chi connectivity index (χ4v) is 1.43. The van der Waals surface area contributed by atoms with Gasteiger partial charge < -0.3 is 0 Å². The summed E-state index contributed by atoms with van der Waals surface area (Å²) in [5.74, 6) is -0.0665. The molecule has 0 unspecified atom stereocenters. The molecule has 0 saturated heterocycles. The summed E-state index contributed by atoms with van der Waals surface area (Å²) in [5, 5.41) is 0. The zero-order valence-corrected chi connectivity index (χ0v) is 9.50. The van der Waals surface area contributed by atoms with Crippen molar-refractivity contribution >= 4 is 11.9 Å². The Hall–Kier alpha value is -2.29. The van der Waals surface area contributed by atoms with Crippen molar-refractivity contribution in [2.24, 2.45) is 0 Å². The van der Waals surface area contributed by atoms with Gasteiger partial charge in [0.2, 0.25) is 0 Å².